The first-order valence-electron chi connectivity index (χ1n) is 9.20. The molecular weight excluding hydrogens is 326 g/mol. The molecule has 0 bridgehead atoms. The van der Waals surface area contributed by atoms with Gasteiger partial charge >= 0.3 is 0 Å². The van der Waals surface area contributed by atoms with Crippen molar-refractivity contribution in [3.05, 3.63) is 47.7 Å². The highest BCUT2D eigenvalue weighted by Crippen LogP contribution is 2.27. The molecule has 138 valence electrons. The van der Waals surface area contributed by atoms with Crippen LogP contribution in [0.5, 0.6) is 5.75 Å². The smallest absolute Gasteiger partial charge is 0.122 e. The van der Waals surface area contributed by atoms with Crippen molar-refractivity contribution in [2.75, 3.05) is 33.3 Å². The Labute approximate surface area is 154 Å². The van der Waals surface area contributed by atoms with E-state index < -0.39 is 0 Å². The average molecular weight is 353 g/mol. The van der Waals surface area contributed by atoms with E-state index in [9.17, 15) is 0 Å². The van der Waals surface area contributed by atoms with Crippen LogP contribution in [0.1, 0.15) is 17.1 Å². The summed E-state index contributed by atoms with van der Waals surface area (Å²) in [5, 5.41) is 1.26. The Morgan fingerprint density at radius 2 is 1.85 bits per heavy atom. The van der Waals surface area contributed by atoms with E-state index in [0.29, 0.717) is 0 Å². The predicted octanol–water partition coefficient (Wildman–Crippen LogP) is 2.54. The third-order valence-corrected chi connectivity index (χ3v) is 5.50. The molecule has 0 atom stereocenters. The maximum Gasteiger partial charge on any atom is 0.122 e. The minimum atomic E-state index is 0.911. The van der Waals surface area contributed by atoms with Crippen LogP contribution in [0.2, 0.25) is 0 Å². The van der Waals surface area contributed by atoms with Gasteiger partial charge in [-0.1, -0.05) is 0 Å². The summed E-state index contributed by atoms with van der Waals surface area (Å²) >= 11 is 0. The molecule has 0 spiro atoms. The normalized spacial score (nSPS) is 16.4. The molecule has 4 rings (SSSR count). The second kappa shape index (κ2) is 7.13. The van der Waals surface area contributed by atoms with Gasteiger partial charge in [0.25, 0.3) is 0 Å². The van der Waals surface area contributed by atoms with Crippen molar-refractivity contribution in [1.29, 1.82) is 0 Å². The summed E-state index contributed by atoms with van der Waals surface area (Å²) in [7, 11) is 3.78. The minimum absolute atomic E-state index is 0.911. The Kier molecular flexibility index (Phi) is 4.70. The quantitative estimate of drug-likeness (QED) is 0.766. The molecule has 26 heavy (non-hydrogen) atoms. The molecule has 3 aromatic rings. The van der Waals surface area contributed by atoms with Crippen LogP contribution < -0.4 is 4.74 Å². The van der Waals surface area contributed by atoms with Crippen LogP contribution >= 0.6 is 0 Å². The van der Waals surface area contributed by atoms with E-state index >= 15 is 0 Å². The number of piperazine rings is 1. The highest BCUT2D eigenvalue weighted by molar-refractivity contribution is 5.85. The van der Waals surface area contributed by atoms with Crippen LogP contribution in [-0.4, -0.2) is 57.6 Å². The predicted molar refractivity (Wildman–Crippen MR) is 103 cm³/mol. The van der Waals surface area contributed by atoms with Gasteiger partial charge in [-0.2, -0.15) is 0 Å². The minimum Gasteiger partial charge on any atom is -0.497 e. The highest BCUT2D eigenvalue weighted by Gasteiger charge is 2.20. The summed E-state index contributed by atoms with van der Waals surface area (Å²) in [6.45, 7) is 8.44. The number of rotatable bonds is 5. The molecule has 6 heteroatoms. The van der Waals surface area contributed by atoms with Crippen molar-refractivity contribution in [3.8, 4) is 5.75 Å². The number of fused-ring (bicyclic) bond motifs is 1. The van der Waals surface area contributed by atoms with E-state index in [2.05, 4.69) is 50.4 Å². The van der Waals surface area contributed by atoms with Crippen LogP contribution in [0.3, 0.4) is 0 Å². The van der Waals surface area contributed by atoms with Gasteiger partial charge in [-0.25, -0.2) is 4.98 Å². The number of aromatic nitrogens is 3. The number of nitrogens with zero attached hydrogens (tertiary/aromatic N) is 4. The number of methoxy groups -OCH3 is 1. The maximum atomic E-state index is 5.36. The number of hydrogen-bond donors (Lipinski definition) is 1. The van der Waals surface area contributed by atoms with Gasteiger partial charge < -0.3 is 14.3 Å². The zero-order chi connectivity index (χ0) is 18.1. The van der Waals surface area contributed by atoms with Gasteiger partial charge in [-0.15, -0.1) is 0 Å². The lowest BCUT2D eigenvalue weighted by atomic mass is 10.1. The molecule has 3 heterocycles. The zero-order valence-corrected chi connectivity index (χ0v) is 15.8. The van der Waals surface area contributed by atoms with Crippen LogP contribution in [-0.2, 0) is 20.1 Å². The molecule has 2 aromatic heterocycles. The number of ether oxygens (including phenoxy) is 1. The third kappa shape index (κ3) is 3.34. The first-order chi connectivity index (χ1) is 12.6. The van der Waals surface area contributed by atoms with Crippen molar-refractivity contribution in [3.63, 3.8) is 0 Å². The molecule has 0 unspecified atom stereocenters. The number of nitrogens with one attached hydrogen (secondary N) is 1. The van der Waals surface area contributed by atoms with E-state index in [1.807, 2.05) is 18.5 Å². The molecule has 0 radical (unpaired) electrons. The van der Waals surface area contributed by atoms with E-state index in [0.717, 1.165) is 50.8 Å². The van der Waals surface area contributed by atoms with E-state index in [1.165, 1.54) is 22.2 Å². The number of aryl methyl sites for hydroxylation is 2. The molecule has 1 N–H and O–H groups in total. The molecule has 0 saturated carbocycles. The fraction of sp³-hybridized carbons (Fsp3) is 0.450. The number of H-pyrrole nitrogens is 1. The molecule has 1 saturated heterocycles. The molecule has 1 aliphatic rings. The van der Waals surface area contributed by atoms with Crippen molar-refractivity contribution < 1.29 is 4.74 Å². The van der Waals surface area contributed by atoms with Gasteiger partial charge in [0, 0.05) is 68.8 Å². The number of benzene rings is 1. The molecule has 0 amide bonds. The van der Waals surface area contributed by atoms with Crippen LogP contribution in [0.25, 0.3) is 10.9 Å². The summed E-state index contributed by atoms with van der Waals surface area (Å²) in [6, 6.07) is 6.24. The standard InChI is InChI=1S/C20H27N5O/c1-15-17-12-16(26-3)4-5-18(17)22-19(15)13-24-8-10-25(11-9-24)14-20-21-6-7-23(20)2/h4-7,12,22H,8-11,13-14H2,1-3H3. The zero-order valence-electron chi connectivity index (χ0n) is 15.8. The van der Waals surface area contributed by atoms with Crippen LogP contribution in [0, 0.1) is 6.92 Å². The lowest BCUT2D eigenvalue weighted by Gasteiger charge is -2.34. The monoisotopic (exact) mass is 353 g/mol. The summed E-state index contributed by atoms with van der Waals surface area (Å²) in [4.78, 5) is 13.1. The highest BCUT2D eigenvalue weighted by atomic mass is 16.5. The first-order valence-corrected chi connectivity index (χ1v) is 9.20. The number of hydrogen-bond acceptors (Lipinski definition) is 4. The summed E-state index contributed by atoms with van der Waals surface area (Å²) in [5.74, 6) is 2.05. The van der Waals surface area contributed by atoms with Gasteiger partial charge in [0.2, 0.25) is 0 Å². The largest absolute Gasteiger partial charge is 0.497 e. The topological polar surface area (TPSA) is 49.3 Å². The van der Waals surface area contributed by atoms with Crippen molar-refractivity contribution >= 4 is 10.9 Å². The summed E-state index contributed by atoms with van der Waals surface area (Å²) in [6.07, 6.45) is 3.89. The molecule has 1 fully saturated rings. The third-order valence-electron chi connectivity index (χ3n) is 5.50. The fourth-order valence-electron chi connectivity index (χ4n) is 3.72. The Bertz CT molecular complexity index is 889. The molecular formula is C20H27N5O. The second-order valence-corrected chi connectivity index (χ2v) is 7.15. The van der Waals surface area contributed by atoms with Crippen LogP contribution in [0.15, 0.2) is 30.6 Å². The number of aromatic amines is 1. The maximum absolute atomic E-state index is 5.36. The van der Waals surface area contributed by atoms with Crippen molar-refractivity contribution in [2.24, 2.45) is 7.05 Å². The average Bonchev–Trinajstić information content (AvgIpc) is 3.20. The van der Waals surface area contributed by atoms with E-state index in [-0.39, 0.29) is 0 Å². The van der Waals surface area contributed by atoms with Crippen molar-refractivity contribution in [2.45, 2.75) is 20.0 Å². The Balaban J connectivity index is 1.39. The molecule has 6 nitrogen and oxygen atoms in total. The van der Waals surface area contributed by atoms with Gasteiger partial charge in [0.05, 0.1) is 13.7 Å². The summed E-state index contributed by atoms with van der Waals surface area (Å²) < 4.78 is 7.47. The Morgan fingerprint density at radius 3 is 2.50 bits per heavy atom. The Morgan fingerprint density at radius 1 is 1.12 bits per heavy atom. The summed E-state index contributed by atoms with van der Waals surface area (Å²) in [5.41, 5.74) is 3.83. The van der Waals surface area contributed by atoms with Crippen LogP contribution in [0.4, 0.5) is 0 Å². The Hall–Kier alpha value is -2.31. The fourth-order valence-corrected chi connectivity index (χ4v) is 3.72. The second-order valence-electron chi connectivity index (χ2n) is 7.15. The SMILES string of the molecule is COc1ccc2[nH]c(CN3CCN(Cc4nccn4C)CC3)c(C)c2c1. The lowest BCUT2D eigenvalue weighted by Crippen LogP contribution is -2.45. The van der Waals surface area contributed by atoms with Gasteiger partial charge in [-0.3, -0.25) is 9.80 Å². The number of imidazole rings is 1. The first kappa shape index (κ1) is 17.1. The van der Waals surface area contributed by atoms with Gasteiger partial charge in [0.15, 0.2) is 0 Å². The molecule has 1 aromatic carbocycles. The van der Waals surface area contributed by atoms with E-state index in [4.69, 9.17) is 4.74 Å². The van der Waals surface area contributed by atoms with Gasteiger partial charge in [0.1, 0.15) is 11.6 Å². The lowest BCUT2D eigenvalue weighted by molar-refractivity contribution is 0.118. The van der Waals surface area contributed by atoms with Gasteiger partial charge in [-0.05, 0) is 30.7 Å². The van der Waals surface area contributed by atoms with Crippen molar-refractivity contribution in [1.82, 2.24) is 24.3 Å². The molecule has 1 aliphatic heterocycles. The molecule has 0 aliphatic carbocycles. The van der Waals surface area contributed by atoms with E-state index in [1.54, 1.807) is 7.11 Å².